The monoisotopic (exact) mass is 730 g/mol. The number of amides is 3. The van der Waals surface area contributed by atoms with Crippen LogP contribution in [0, 0.1) is 18.8 Å². The second-order valence-electron chi connectivity index (χ2n) is 14.4. The summed E-state index contributed by atoms with van der Waals surface area (Å²) in [5.74, 6) is 4.89. The smallest absolute Gasteiger partial charge is 0.328 e. The first kappa shape index (κ1) is 35.2. The van der Waals surface area contributed by atoms with Crippen LogP contribution >= 0.6 is 0 Å². The molecule has 0 spiro atoms. The molecule has 11 nitrogen and oxygen atoms in total. The maximum absolute atomic E-state index is 13.1. The van der Waals surface area contributed by atoms with Gasteiger partial charge in [-0.1, -0.05) is 43.9 Å². The predicted octanol–water partition coefficient (Wildman–Crippen LogP) is 6.63. The summed E-state index contributed by atoms with van der Waals surface area (Å²) in [7, 11) is 3.63. The Hall–Kier alpha value is -6.80. The van der Waals surface area contributed by atoms with Gasteiger partial charge in [-0.2, -0.15) is 0 Å². The van der Waals surface area contributed by atoms with Crippen LogP contribution in [0.15, 0.2) is 88.5 Å². The molecule has 3 amide bonds. The first-order valence-corrected chi connectivity index (χ1v) is 18.2. The van der Waals surface area contributed by atoms with E-state index >= 15 is 0 Å². The Balaban J connectivity index is 0.988. The molecule has 1 atom stereocenters. The summed E-state index contributed by atoms with van der Waals surface area (Å²) in [6.45, 7) is 6.22. The van der Waals surface area contributed by atoms with Crippen molar-refractivity contribution in [3.05, 3.63) is 118 Å². The van der Waals surface area contributed by atoms with Crippen LogP contribution in [0.25, 0.3) is 55.2 Å². The molecule has 4 aromatic heterocycles. The minimum atomic E-state index is -0.465. The Labute approximate surface area is 316 Å². The Morgan fingerprint density at radius 1 is 0.982 bits per heavy atom. The second kappa shape index (κ2) is 13.9. The van der Waals surface area contributed by atoms with Crippen molar-refractivity contribution in [3.63, 3.8) is 0 Å². The van der Waals surface area contributed by atoms with Crippen LogP contribution in [0.5, 0.6) is 0 Å². The summed E-state index contributed by atoms with van der Waals surface area (Å²) in [4.78, 5) is 59.4. The topological polar surface area (TPSA) is 141 Å². The van der Waals surface area contributed by atoms with Crippen molar-refractivity contribution in [1.82, 2.24) is 29.7 Å². The molecular formula is C44H38N6O5. The minimum Gasteiger partial charge on any atom is -0.464 e. The molecule has 2 N–H and O–H groups in total. The minimum absolute atomic E-state index is 0.0521. The zero-order valence-electron chi connectivity index (χ0n) is 31.1. The number of nitrogens with one attached hydrogen (secondary N) is 2. The molecule has 1 saturated heterocycles. The lowest BCUT2D eigenvalue weighted by molar-refractivity contribution is -0.134. The molecule has 1 aliphatic heterocycles. The molecule has 1 fully saturated rings. The van der Waals surface area contributed by atoms with Gasteiger partial charge in [0.25, 0.3) is 5.91 Å². The number of pyridine rings is 2. The highest BCUT2D eigenvalue weighted by molar-refractivity contribution is 6.03. The van der Waals surface area contributed by atoms with Gasteiger partial charge in [0.15, 0.2) is 0 Å². The molecule has 5 heterocycles. The molecule has 274 valence electrons. The van der Waals surface area contributed by atoms with Crippen LogP contribution in [0.1, 0.15) is 71.3 Å². The van der Waals surface area contributed by atoms with Crippen molar-refractivity contribution >= 4 is 50.5 Å². The van der Waals surface area contributed by atoms with Gasteiger partial charge in [0.05, 0.1) is 35.5 Å². The van der Waals surface area contributed by atoms with Crippen LogP contribution in [-0.4, -0.2) is 43.4 Å². The van der Waals surface area contributed by atoms with Crippen molar-refractivity contribution < 1.29 is 18.8 Å². The highest BCUT2D eigenvalue weighted by Crippen LogP contribution is 2.36. The van der Waals surface area contributed by atoms with Gasteiger partial charge >= 0.3 is 5.69 Å². The normalized spacial score (nSPS) is 14.4. The van der Waals surface area contributed by atoms with Crippen LogP contribution in [0.4, 0.5) is 0 Å². The molecule has 11 heteroatoms. The van der Waals surface area contributed by atoms with Crippen molar-refractivity contribution in [2.45, 2.75) is 45.4 Å². The molecule has 0 radical (unpaired) electrons. The number of benzene rings is 3. The summed E-state index contributed by atoms with van der Waals surface area (Å²) in [6.07, 6.45) is 5.80. The van der Waals surface area contributed by atoms with Gasteiger partial charge in [-0.15, -0.1) is 0 Å². The Bertz CT molecular complexity index is 2870. The first-order valence-electron chi connectivity index (χ1n) is 18.2. The summed E-state index contributed by atoms with van der Waals surface area (Å²) < 4.78 is 9.09. The molecule has 1 aliphatic rings. The van der Waals surface area contributed by atoms with E-state index in [2.05, 4.69) is 65.6 Å². The van der Waals surface area contributed by atoms with Crippen molar-refractivity contribution in [3.8, 4) is 34.2 Å². The highest BCUT2D eigenvalue weighted by atomic mass is 16.3. The average molecular weight is 731 g/mol. The fourth-order valence-corrected chi connectivity index (χ4v) is 7.56. The van der Waals surface area contributed by atoms with Gasteiger partial charge < -0.3 is 9.73 Å². The number of nitrogens with zero attached hydrogens (tertiary/aromatic N) is 4. The van der Waals surface area contributed by atoms with Gasteiger partial charge in [-0.25, -0.2) is 4.79 Å². The zero-order chi connectivity index (χ0) is 38.5. The standard InChI is InChI=1S/C44H38N6O5/c1-24(2)32-18-28(20-37-41(32)50(5)44(54)49(37)4)30-10-6-9-27-19-36(46-22-34(27)30)29-16-25(3)40(47-21-29)43(53)45-15-7-8-26-11-13-38-33(17-26)35(23-55-38)31-12-14-39(51)48-42(31)52/h6,9-11,13,16-24,31H,12,14-15H2,1-5H3,(H,45,53)(H,48,51,52). The van der Waals surface area contributed by atoms with Crippen LogP contribution < -0.4 is 16.3 Å². The number of piperidine rings is 1. The van der Waals surface area contributed by atoms with E-state index in [9.17, 15) is 19.2 Å². The molecule has 0 aliphatic carbocycles. The maximum Gasteiger partial charge on any atom is 0.328 e. The number of hydrogen-bond donors (Lipinski definition) is 2. The lowest BCUT2D eigenvalue weighted by Crippen LogP contribution is -2.39. The van der Waals surface area contributed by atoms with E-state index in [1.54, 1.807) is 27.7 Å². The van der Waals surface area contributed by atoms with E-state index in [0.717, 1.165) is 60.7 Å². The summed E-state index contributed by atoms with van der Waals surface area (Å²) >= 11 is 0. The van der Waals surface area contributed by atoms with Gasteiger partial charge in [0, 0.05) is 60.4 Å². The number of aromatic nitrogens is 4. The van der Waals surface area contributed by atoms with Crippen molar-refractivity contribution in [2.75, 3.05) is 6.54 Å². The average Bonchev–Trinajstić information content (AvgIpc) is 3.69. The SMILES string of the molecule is Cc1cc(-c2cc3cccc(-c4cc(C(C)C)c5c(c4)n(C)c(=O)n5C)c3cn2)cnc1C(=O)NCC#Cc1ccc2occ(C3CCC(=O)NC3=O)c2c1. The molecule has 1 unspecified atom stereocenters. The lowest BCUT2D eigenvalue weighted by Gasteiger charge is -2.19. The third-order valence-corrected chi connectivity index (χ3v) is 10.5. The summed E-state index contributed by atoms with van der Waals surface area (Å²) in [6, 6.07) is 19.8. The van der Waals surface area contributed by atoms with E-state index in [1.807, 2.05) is 57.5 Å². The van der Waals surface area contributed by atoms with Crippen LogP contribution in [0.3, 0.4) is 0 Å². The van der Waals surface area contributed by atoms with Crippen LogP contribution in [-0.2, 0) is 23.7 Å². The number of hydrogen-bond acceptors (Lipinski definition) is 7. The number of imide groups is 1. The third-order valence-electron chi connectivity index (χ3n) is 10.5. The second-order valence-corrected chi connectivity index (χ2v) is 14.4. The number of rotatable bonds is 6. The van der Waals surface area contributed by atoms with E-state index in [4.69, 9.17) is 9.40 Å². The van der Waals surface area contributed by atoms with Gasteiger partial charge in [-0.3, -0.25) is 38.8 Å². The van der Waals surface area contributed by atoms with Crippen molar-refractivity contribution in [2.24, 2.45) is 14.1 Å². The van der Waals surface area contributed by atoms with E-state index in [0.29, 0.717) is 28.8 Å². The molecular weight excluding hydrogens is 693 g/mol. The Morgan fingerprint density at radius 3 is 2.60 bits per heavy atom. The van der Waals surface area contributed by atoms with Gasteiger partial charge in [-0.05, 0) is 89.4 Å². The first-order chi connectivity index (χ1) is 26.5. The number of fused-ring (bicyclic) bond motifs is 3. The summed E-state index contributed by atoms with van der Waals surface area (Å²) in [5, 5.41) is 8.00. The quantitative estimate of drug-likeness (QED) is 0.145. The van der Waals surface area contributed by atoms with E-state index in [1.165, 1.54) is 0 Å². The van der Waals surface area contributed by atoms with Crippen molar-refractivity contribution in [1.29, 1.82) is 0 Å². The Kier molecular flexibility index (Phi) is 8.89. The maximum atomic E-state index is 13.1. The molecule has 0 bridgehead atoms. The number of carbonyl (C=O) groups excluding carboxylic acids is 3. The van der Waals surface area contributed by atoms with E-state index < -0.39 is 5.92 Å². The predicted molar refractivity (Wildman–Crippen MR) is 212 cm³/mol. The number of furan rings is 1. The molecule has 3 aromatic carbocycles. The molecule has 8 rings (SSSR count). The molecule has 55 heavy (non-hydrogen) atoms. The summed E-state index contributed by atoms with van der Waals surface area (Å²) in [5.41, 5.74) is 9.53. The number of imidazole rings is 1. The fourth-order valence-electron chi connectivity index (χ4n) is 7.56. The van der Waals surface area contributed by atoms with E-state index in [-0.39, 0.29) is 42.3 Å². The lowest BCUT2D eigenvalue weighted by atomic mass is 9.90. The fraction of sp³-hybridized carbons (Fsp3) is 0.227. The third kappa shape index (κ3) is 6.35. The Morgan fingerprint density at radius 2 is 1.82 bits per heavy atom. The molecule has 0 saturated carbocycles. The highest BCUT2D eigenvalue weighted by Gasteiger charge is 2.30. The largest absolute Gasteiger partial charge is 0.464 e. The number of aryl methyl sites for hydroxylation is 3. The van der Waals surface area contributed by atoms with Crippen LogP contribution in [0.2, 0.25) is 0 Å². The van der Waals surface area contributed by atoms with Gasteiger partial charge in [0.1, 0.15) is 11.3 Å². The molecule has 7 aromatic rings. The van der Waals surface area contributed by atoms with Gasteiger partial charge in [0.2, 0.25) is 11.8 Å². The number of carbonyl (C=O) groups is 3. The zero-order valence-corrected chi connectivity index (χ0v) is 31.1.